The van der Waals surface area contributed by atoms with Crippen molar-refractivity contribution in [3.63, 3.8) is 0 Å². The van der Waals surface area contributed by atoms with Gasteiger partial charge in [0.05, 0.1) is 18.8 Å². The molecule has 20 heavy (non-hydrogen) atoms. The van der Waals surface area contributed by atoms with E-state index in [9.17, 15) is 0 Å². The fourth-order valence-electron chi connectivity index (χ4n) is 2.52. The third-order valence-corrected chi connectivity index (χ3v) is 4.28. The van der Waals surface area contributed by atoms with Gasteiger partial charge in [0.15, 0.2) is 0 Å². The number of benzene rings is 1. The number of hydrogen-bond acceptors (Lipinski definition) is 4. The number of halogens is 2. The molecule has 3 N–H and O–H groups in total. The molecule has 1 heterocycles. The zero-order chi connectivity index (χ0) is 14.7. The van der Waals surface area contributed by atoms with Gasteiger partial charge in [0.2, 0.25) is 0 Å². The summed E-state index contributed by atoms with van der Waals surface area (Å²) in [5, 5.41) is 1.28. The first kappa shape index (κ1) is 16.0. The molecule has 1 saturated heterocycles. The molecule has 0 saturated carbocycles. The second kappa shape index (κ2) is 7.07. The van der Waals surface area contributed by atoms with Crippen LogP contribution in [0.5, 0.6) is 0 Å². The van der Waals surface area contributed by atoms with Crippen molar-refractivity contribution in [1.82, 2.24) is 10.3 Å². The summed E-state index contributed by atoms with van der Waals surface area (Å²) in [5.74, 6) is 5.73. The number of ether oxygens (including phenoxy) is 1. The Morgan fingerprint density at radius 3 is 2.80 bits per heavy atom. The van der Waals surface area contributed by atoms with E-state index < -0.39 is 0 Å². The molecule has 0 aliphatic carbocycles. The Bertz CT molecular complexity index is 456. The van der Waals surface area contributed by atoms with Gasteiger partial charge < -0.3 is 4.74 Å². The molecule has 1 fully saturated rings. The predicted molar refractivity (Wildman–Crippen MR) is 83.0 cm³/mol. The lowest BCUT2D eigenvalue weighted by atomic mass is 10.00. The summed E-state index contributed by atoms with van der Waals surface area (Å²) < 4.78 is 5.87. The van der Waals surface area contributed by atoms with Crippen molar-refractivity contribution in [1.29, 1.82) is 0 Å². The van der Waals surface area contributed by atoms with E-state index in [1.54, 1.807) is 12.1 Å². The monoisotopic (exact) mass is 317 g/mol. The molecule has 2 atom stereocenters. The second-order valence-corrected chi connectivity index (χ2v) is 6.15. The molecule has 0 amide bonds. The van der Waals surface area contributed by atoms with Gasteiger partial charge in [0.1, 0.15) is 0 Å². The molecule has 4 nitrogen and oxygen atoms in total. The van der Waals surface area contributed by atoms with Gasteiger partial charge in [-0.25, -0.2) is 0 Å². The maximum atomic E-state index is 6.26. The van der Waals surface area contributed by atoms with Crippen molar-refractivity contribution in [3.05, 3.63) is 33.8 Å². The SMILES string of the molecule is CC(C)N1CCOC(C(NN)c2cc(Cl)ccc2Cl)C1. The number of hydrazine groups is 1. The van der Waals surface area contributed by atoms with Gasteiger partial charge in [0.25, 0.3) is 0 Å². The minimum absolute atomic E-state index is 0.0490. The minimum atomic E-state index is -0.178. The lowest BCUT2D eigenvalue weighted by Gasteiger charge is -2.39. The maximum absolute atomic E-state index is 6.26. The van der Waals surface area contributed by atoms with Crippen molar-refractivity contribution >= 4 is 23.2 Å². The first-order valence-corrected chi connectivity index (χ1v) is 7.55. The van der Waals surface area contributed by atoms with E-state index in [1.165, 1.54) is 0 Å². The molecule has 0 spiro atoms. The summed E-state index contributed by atoms with van der Waals surface area (Å²) in [6.07, 6.45) is -0.0490. The molecule has 0 bridgehead atoms. The molecule has 1 aliphatic heterocycles. The van der Waals surface area contributed by atoms with Crippen molar-refractivity contribution < 1.29 is 4.74 Å². The van der Waals surface area contributed by atoms with Gasteiger partial charge in [-0.1, -0.05) is 23.2 Å². The zero-order valence-electron chi connectivity index (χ0n) is 11.8. The minimum Gasteiger partial charge on any atom is -0.374 e. The Kier molecular flexibility index (Phi) is 5.66. The van der Waals surface area contributed by atoms with Gasteiger partial charge >= 0.3 is 0 Å². The summed E-state index contributed by atoms with van der Waals surface area (Å²) in [7, 11) is 0. The van der Waals surface area contributed by atoms with E-state index in [2.05, 4.69) is 24.2 Å². The van der Waals surface area contributed by atoms with Gasteiger partial charge in [-0.05, 0) is 37.6 Å². The molecular weight excluding hydrogens is 297 g/mol. The number of rotatable bonds is 4. The van der Waals surface area contributed by atoms with Gasteiger partial charge in [-0.15, -0.1) is 0 Å². The Balaban J connectivity index is 2.21. The number of nitrogens with zero attached hydrogens (tertiary/aromatic N) is 1. The topological polar surface area (TPSA) is 50.5 Å². The number of nitrogens with two attached hydrogens (primary N) is 1. The van der Waals surface area contributed by atoms with E-state index in [0.29, 0.717) is 22.7 Å². The average molecular weight is 318 g/mol. The molecule has 0 radical (unpaired) electrons. The Morgan fingerprint density at radius 1 is 1.40 bits per heavy atom. The Labute approximate surface area is 130 Å². The predicted octanol–water partition coefficient (Wildman–Crippen LogP) is 2.61. The molecular formula is C14H21Cl2N3O. The summed E-state index contributed by atoms with van der Waals surface area (Å²) >= 11 is 12.3. The van der Waals surface area contributed by atoms with Gasteiger partial charge in [0, 0.05) is 29.2 Å². The highest BCUT2D eigenvalue weighted by Gasteiger charge is 2.30. The van der Waals surface area contributed by atoms with Crippen LogP contribution < -0.4 is 11.3 Å². The highest BCUT2D eigenvalue weighted by molar-refractivity contribution is 6.33. The van der Waals surface area contributed by atoms with E-state index in [1.807, 2.05) is 6.07 Å². The molecule has 1 aromatic carbocycles. The maximum Gasteiger partial charge on any atom is 0.0910 e. The first-order chi connectivity index (χ1) is 9.52. The molecule has 6 heteroatoms. The lowest BCUT2D eigenvalue weighted by Crippen LogP contribution is -2.51. The van der Waals surface area contributed by atoms with Crippen LogP contribution in [0.2, 0.25) is 10.0 Å². The Hall–Kier alpha value is -0.360. The largest absolute Gasteiger partial charge is 0.374 e. The van der Waals surface area contributed by atoms with E-state index in [0.717, 1.165) is 18.7 Å². The van der Waals surface area contributed by atoms with Crippen LogP contribution in [0.4, 0.5) is 0 Å². The molecule has 1 aromatic rings. The molecule has 1 aliphatic rings. The smallest absolute Gasteiger partial charge is 0.0910 e. The second-order valence-electron chi connectivity index (χ2n) is 5.31. The first-order valence-electron chi connectivity index (χ1n) is 6.79. The summed E-state index contributed by atoms with van der Waals surface area (Å²) in [6, 6.07) is 5.69. The van der Waals surface area contributed by atoms with Crippen LogP contribution in [0.25, 0.3) is 0 Å². The molecule has 2 rings (SSSR count). The van der Waals surface area contributed by atoms with Crippen LogP contribution >= 0.6 is 23.2 Å². The fourth-order valence-corrected chi connectivity index (χ4v) is 2.93. The van der Waals surface area contributed by atoms with E-state index in [-0.39, 0.29) is 12.1 Å². The van der Waals surface area contributed by atoms with Gasteiger partial charge in [-0.2, -0.15) is 0 Å². The highest BCUT2D eigenvalue weighted by Crippen LogP contribution is 2.30. The number of morpholine rings is 1. The highest BCUT2D eigenvalue weighted by atomic mass is 35.5. The van der Waals surface area contributed by atoms with E-state index >= 15 is 0 Å². The van der Waals surface area contributed by atoms with Gasteiger partial charge in [-0.3, -0.25) is 16.2 Å². The van der Waals surface area contributed by atoms with Crippen LogP contribution in [-0.4, -0.2) is 36.7 Å². The van der Waals surface area contributed by atoms with E-state index in [4.69, 9.17) is 33.8 Å². The lowest BCUT2D eigenvalue weighted by molar-refractivity contribution is -0.0561. The average Bonchev–Trinajstić information content (AvgIpc) is 2.44. The molecule has 112 valence electrons. The summed E-state index contributed by atoms with van der Waals surface area (Å²) in [4.78, 5) is 2.37. The zero-order valence-corrected chi connectivity index (χ0v) is 13.3. The van der Waals surface area contributed by atoms with Crippen LogP contribution in [0, 0.1) is 0 Å². The third-order valence-electron chi connectivity index (χ3n) is 3.70. The standard InChI is InChI=1S/C14H21Cl2N3O/c1-9(2)19-5-6-20-13(8-19)14(18-17)11-7-10(15)3-4-12(11)16/h3-4,7,9,13-14,18H,5-6,8,17H2,1-2H3. The van der Waals surface area contributed by atoms with Crippen LogP contribution in [0.1, 0.15) is 25.5 Å². The van der Waals surface area contributed by atoms with Crippen molar-refractivity contribution in [2.75, 3.05) is 19.7 Å². The van der Waals surface area contributed by atoms with Crippen LogP contribution in [0.15, 0.2) is 18.2 Å². The molecule has 0 aromatic heterocycles. The number of nitrogens with one attached hydrogen (secondary N) is 1. The summed E-state index contributed by atoms with van der Waals surface area (Å²) in [5.41, 5.74) is 3.69. The molecule has 2 unspecified atom stereocenters. The van der Waals surface area contributed by atoms with Crippen molar-refractivity contribution in [2.24, 2.45) is 5.84 Å². The Morgan fingerprint density at radius 2 is 2.15 bits per heavy atom. The van der Waals surface area contributed by atoms with Crippen molar-refractivity contribution in [2.45, 2.75) is 32.0 Å². The van der Waals surface area contributed by atoms with Crippen molar-refractivity contribution in [3.8, 4) is 0 Å². The number of hydrogen-bond donors (Lipinski definition) is 2. The third kappa shape index (κ3) is 3.64. The van der Waals surface area contributed by atoms with Crippen LogP contribution in [-0.2, 0) is 4.74 Å². The fraction of sp³-hybridized carbons (Fsp3) is 0.571. The normalized spacial score (nSPS) is 22.2. The summed E-state index contributed by atoms with van der Waals surface area (Å²) in [6.45, 7) is 6.81. The van der Waals surface area contributed by atoms with Crippen LogP contribution in [0.3, 0.4) is 0 Å². The quantitative estimate of drug-likeness (QED) is 0.662.